The number of nitrogen functional groups attached to an aromatic ring is 1. The van der Waals surface area contributed by atoms with Crippen molar-refractivity contribution in [3.05, 3.63) is 30.1 Å². The summed E-state index contributed by atoms with van der Waals surface area (Å²) in [7, 11) is 2.01. The Bertz CT molecular complexity index is 395. The van der Waals surface area contributed by atoms with Gasteiger partial charge in [0.25, 0.3) is 5.82 Å². The monoisotopic (exact) mass is 197 g/mol. The molecule has 2 rings (SSSR count). The van der Waals surface area contributed by atoms with E-state index in [2.05, 4.69) is 10.6 Å². The van der Waals surface area contributed by atoms with Crippen LogP contribution in [0, 0.1) is 6.92 Å². The number of imidazole rings is 1. The van der Waals surface area contributed by atoms with Crippen LogP contribution in [0.5, 0.6) is 0 Å². The van der Waals surface area contributed by atoms with Crippen LogP contribution in [-0.4, -0.2) is 4.68 Å². The summed E-state index contributed by atoms with van der Waals surface area (Å²) < 4.78 is 3.78. The Morgan fingerprint density at radius 2 is 1.92 bits per heavy atom. The first-order valence-electron chi connectivity index (χ1n) is 3.93. The van der Waals surface area contributed by atoms with E-state index in [4.69, 9.17) is 5.84 Å². The highest BCUT2D eigenvalue weighted by molar-refractivity contribution is 5.72. The van der Waals surface area contributed by atoms with Crippen molar-refractivity contribution in [3.63, 3.8) is 0 Å². The predicted octanol–water partition coefficient (Wildman–Crippen LogP) is -2.51. The molecule has 0 aliphatic carbocycles. The summed E-state index contributed by atoms with van der Waals surface area (Å²) in [5.74, 6) is 6.89. The van der Waals surface area contributed by atoms with Crippen molar-refractivity contribution in [2.45, 2.75) is 6.92 Å². The maximum absolute atomic E-state index is 5.83. The largest absolute Gasteiger partial charge is 1.00 e. The number of benzene rings is 1. The number of nitrogens with two attached hydrogens (primary N) is 1. The Labute approximate surface area is 83.2 Å². The van der Waals surface area contributed by atoms with E-state index in [1.165, 1.54) is 0 Å². The summed E-state index contributed by atoms with van der Waals surface area (Å²) in [5.41, 5.74) is 2.23. The second-order valence-corrected chi connectivity index (χ2v) is 2.96. The first kappa shape index (κ1) is 9.86. The number of fused-ring (bicyclic) bond motifs is 1. The third-order valence-electron chi connectivity index (χ3n) is 2.34. The van der Waals surface area contributed by atoms with Gasteiger partial charge in [0.2, 0.25) is 0 Å². The molecule has 2 N–H and O–H groups in total. The number of nitrogens with zero attached hydrogens (tertiary/aromatic N) is 2. The van der Waals surface area contributed by atoms with Crippen LogP contribution < -0.4 is 22.8 Å². The van der Waals surface area contributed by atoms with E-state index < -0.39 is 0 Å². The highest BCUT2D eigenvalue weighted by Gasteiger charge is 2.15. The van der Waals surface area contributed by atoms with Gasteiger partial charge in [-0.25, -0.2) is 4.57 Å². The molecule has 0 radical (unpaired) electrons. The van der Waals surface area contributed by atoms with Crippen molar-refractivity contribution in [1.82, 2.24) is 4.68 Å². The Kier molecular flexibility index (Phi) is 2.48. The molecule has 0 saturated heterocycles. The lowest BCUT2D eigenvalue weighted by atomic mass is 10.3. The molecule has 0 spiro atoms. The van der Waals surface area contributed by atoms with Gasteiger partial charge in [-0.15, -0.1) is 4.68 Å². The van der Waals surface area contributed by atoms with E-state index in [0.29, 0.717) is 0 Å². The SMILES string of the molecule is Cc1n(N)c2ccccc2[n+]1C.[Cl-]. The van der Waals surface area contributed by atoms with Crippen LogP contribution in [-0.2, 0) is 7.05 Å². The van der Waals surface area contributed by atoms with E-state index in [-0.39, 0.29) is 12.4 Å². The zero-order valence-electron chi connectivity index (χ0n) is 7.66. The van der Waals surface area contributed by atoms with Gasteiger partial charge in [0, 0.05) is 6.92 Å². The molecule has 2 aromatic rings. The number of aryl methyl sites for hydroxylation is 1. The molecule has 0 aliphatic heterocycles. The highest BCUT2D eigenvalue weighted by atomic mass is 35.5. The van der Waals surface area contributed by atoms with Gasteiger partial charge in [-0.3, -0.25) is 5.84 Å². The normalized spacial score (nSPS) is 10.0. The second kappa shape index (κ2) is 3.26. The van der Waals surface area contributed by atoms with Crippen LogP contribution in [0.25, 0.3) is 11.0 Å². The van der Waals surface area contributed by atoms with Crippen LogP contribution in [0.15, 0.2) is 24.3 Å². The van der Waals surface area contributed by atoms with Crippen LogP contribution in [0.3, 0.4) is 0 Å². The Balaban J connectivity index is 0.000000845. The van der Waals surface area contributed by atoms with E-state index in [1.54, 1.807) is 4.68 Å². The van der Waals surface area contributed by atoms with Crippen molar-refractivity contribution >= 4 is 11.0 Å². The minimum Gasteiger partial charge on any atom is -1.00 e. The minimum absolute atomic E-state index is 0. The minimum atomic E-state index is 0. The molecular weight excluding hydrogens is 186 g/mol. The van der Waals surface area contributed by atoms with Gasteiger partial charge in [-0.2, -0.15) is 0 Å². The van der Waals surface area contributed by atoms with Gasteiger partial charge < -0.3 is 12.4 Å². The molecule has 1 aromatic carbocycles. The Hall–Kier alpha value is -1.22. The fraction of sp³-hybridized carbons (Fsp3) is 0.222. The quantitative estimate of drug-likeness (QED) is 0.368. The van der Waals surface area contributed by atoms with Crippen LogP contribution in [0.2, 0.25) is 0 Å². The number of rotatable bonds is 0. The van der Waals surface area contributed by atoms with Gasteiger partial charge in [0.1, 0.15) is 0 Å². The molecule has 0 fully saturated rings. The maximum Gasteiger partial charge on any atom is 0.277 e. The first-order valence-corrected chi connectivity index (χ1v) is 3.93. The molecule has 13 heavy (non-hydrogen) atoms. The molecule has 0 bridgehead atoms. The fourth-order valence-corrected chi connectivity index (χ4v) is 1.46. The molecule has 70 valence electrons. The van der Waals surface area contributed by atoms with Gasteiger partial charge in [0.05, 0.1) is 7.05 Å². The molecule has 4 heteroatoms. The Morgan fingerprint density at radius 1 is 1.31 bits per heavy atom. The van der Waals surface area contributed by atoms with E-state index >= 15 is 0 Å². The summed E-state index contributed by atoms with van der Waals surface area (Å²) in [4.78, 5) is 0. The summed E-state index contributed by atoms with van der Waals surface area (Å²) >= 11 is 0. The zero-order chi connectivity index (χ0) is 8.72. The third-order valence-corrected chi connectivity index (χ3v) is 2.34. The van der Waals surface area contributed by atoms with E-state index in [0.717, 1.165) is 16.9 Å². The molecular formula is C9H12ClN3. The van der Waals surface area contributed by atoms with Gasteiger partial charge >= 0.3 is 0 Å². The number of halogens is 1. The topological polar surface area (TPSA) is 34.8 Å². The molecule has 0 unspecified atom stereocenters. The molecule has 0 amide bonds. The second-order valence-electron chi connectivity index (χ2n) is 2.96. The number of para-hydroxylation sites is 2. The number of hydrogen-bond donors (Lipinski definition) is 1. The molecule has 1 heterocycles. The molecule has 0 saturated carbocycles. The van der Waals surface area contributed by atoms with Crippen molar-refractivity contribution in [2.75, 3.05) is 5.84 Å². The van der Waals surface area contributed by atoms with Crippen LogP contribution in [0.4, 0.5) is 0 Å². The van der Waals surface area contributed by atoms with Crippen molar-refractivity contribution in [2.24, 2.45) is 7.05 Å². The predicted molar refractivity (Wildman–Crippen MR) is 48.0 cm³/mol. The summed E-state index contributed by atoms with van der Waals surface area (Å²) in [5, 5.41) is 0. The maximum atomic E-state index is 5.83. The van der Waals surface area contributed by atoms with E-state index in [1.807, 2.05) is 32.2 Å². The standard InChI is InChI=1S/C9H12N3.ClH/c1-7-11(2)8-5-3-4-6-9(8)12(7)10;/h3-6H,10H2,1-2H3;1H/q+1;/p-1. The van der Waals surface area contributed by atoms with Crippen LogP contribution >= 0.6 is 0 Å². The van der Waals surface area contributed by atoms with Crippen molar-refractivity contribution in [1.29, 1.82) is 0 Å². The van der Waals surface area contributed by atoms with Crippen molar-refractivity contribution < 1.29 is 17.0 Å². The van der Waals surface area contributed by atoms with Crippen LogP contribution in [0.1, 0.15) is 5.82 Å². The number of aromatic nitrogens is 2. The van der Waals surface area contributed by atoms with E-state index in [9.17, 15) is 0 Å². The zero-order valence-corrected chi connectivity index (χ0v) is 8.42. The summed E-state index contributed by atoms with van der Waals surface area (Å²) in [6, 6.07) is 8.08. The molecule has 1 aromatic heterocycles. The fourth-order valence-electron chi connectivity index (χ4n) is 1.46. The Morgan fingerprint density at radius 3 is 2.54 bits per heavy atom. The first-order chi connectivity index (χ1) is 5.72. The lowest BCUT2D eigenvalue weighted by molar-refractivity contribution is -0.652. The third kappa shape index (κ3) is 1.25. The molecule has 0 aliphatic rings. The summed E-state index contributed by atoms with van der Waals surface area (Å²) in [6.45, 7) is 2.00. The molecule has 3 nitrogen and oxygen atoms in total. The molecule has 0 atom stereocenters. The van der Waals surface area contributed by atoms with Gasteiger partial charge in [-0.1, -0.05) is 12.1 Å². The number of hydrogen-bond acceptors (Lipinski definition) is 1. The lowest BCUT2D eigenvalue weighted by Crippen LogP contribution is -3.00. The van der Waals surface area contributed by atoms with Crippen molar-refractivity contribution in [3.8, 4) is 0 Å². The summed E-state index contributed by atoms with van der Waals surface area (Å²) in [6.07, 6.45) is 0. The van der Waals surface area contributed by atoms with Gasteiger partial charge in [-0.05, 0) is 12.1 Å². The lowest BCUT2D eigenvalue weighted by Gasteiger charge is -1.85. The average Bonchev–Trinajstić information content (AvgIpc) is 2.33. The smallest absolute Gasteiger partial charge is 0.277 e. The highest BCUT2D eigenvalue weighted by Crippen LogP contribution is 2.09. The average molecular weight is 198 g/mol. The van der Waals surface area contributed by atoms with Gasteiger partial charge in [0.15, 0.2) is 11.0 Å².